The number of carbonyl (C=O) groups excluding carboxylic acids is 2. The summed E-state index contributed by atoms with van der Waals surface area (Å²) in [4.78, 5) is 27.2. The second-order valence-corrected chi connectivity index (χ2v) is 9.78. The number of methoxy groups -OCH3 is 4. The number of Topliss-reactive ketones (excluding diaryl/α,β-unsaturated/α-hetero) is 2. The van der Waals surface area contributed by atoms with Gasteiger partial charge in [0.1, 0.15) is 0 Å². The number of nitrogens with zero attached hydrogens (tertiary/aromatic N) is 1. The van der Waals surface area contributed by atoms with Gasteiger partial charge in [-0.05, 0) is 83.0 Å². The zero-order chi connectivity index (χ0) is 28.4. The molecule has 0 unspecified atom stereocenters. The predicted octanol–water partition coefficient (Wildman–Crippen LogP) is 3.59. The molecule has 0 saturated carbocycles. The minimum Gasteiger partial charge on any atom is -0.493 e. The average Bonchev–Trinajstić information content (AvgIpc) is 3.00. The Morgan fingerprint density at radius 3 is 1.59 bits per heavy atom. The number of carbonyl (C=O) groups is 2. The first kappa shape index (κ1) is 30.5. The highest BCUT2D eigenvalue weighted by atomic mass is 16.5. The van der Waals surface area contributed by atoms with Crippen LogP contribution in [0.4, 0.5) is 0 Å². The molecule has 9 nitrogen and oxygen atoms in total. The molecule has 0 aliphatic carbocycles. The van der Waals surface area contributed by atoms with E-state index in [0.29, 0.717) is 34.1 Å². The zero-order valence-electron chi connectivity index (χ0n) is 23.7. The van der Waals surface area contributed by atoms with Crippen molar-refractivity contribution in [1.82, 2.24) is 10.1 Å². The van der Waals surface area contributed by atoms with Crippen LogP contribution in [0.15, 0.2) is 36.4 Å². The van der Waals surface area contributed by atoms with Crippen molar-refractivity contribution in [1.29, 1.82) is 0 Å². The van der Waals surface area contributed by atoms with Crippen LogP contribution in [0.5, 0.6) is 23.0 Å². The standard InChI is InChI=1S/C15H22BNO4.C14H19NO3/c1-16(19)17-9-7-11(8-10-17)14(18)12-5-4-6-13(20-2)15(12)21-3;1-17-12-5-3-4-11(14(12)18-2)13(16)10-6-8-15-9-7-10/h4-6,11,19H,7-10H2,1-3H3;3-5,10,15H,6-9H2,1-2H3. The van der Waals surface area contributed by atoms with Gasteiger partial charge >= 0.3 is 7.05 Å². The van der Waals surface area contributed by atoms with Gasteiger partial charge in [0, 0.05) is 11.8 Å². The Balaban J connectivity index is 0.000000218. The molecule has 0 spiro atoms. The SMILES string of the molecule is COc1cccc(C(=O)C2CCN(B(C)O)CC2)c1OC.COc1cccc(C(=O)C2CCNCC2)c1OC. The van der Waals surface area contributed by atoms with E-state index in [4.69, 9.17) is 18.9 Å². The van der Waals surface area contributed by atoms with Crippen molar-refractivity contribution < 1.29 is 33.6 Å². The minimum atomic E-state index is -0.451. The lowest BCUT2D eigenvalue weighted by molar-refractivity contribution is 0.0864. The maximum atomic E-state index is 12.7. The van der Waals surface area contributed by atoms with Crippen molar-refractivity contribution in [3.05, 3.63) is 47.5 Å². The summed E-state index contributed by atoms with van der Waals surface area (Å²) in [6.45, 7) is 5.04. The minimum absolute atomic E-state index is 0.0268. The van der Waals surface area contributed by atoms with E-state index in [-0.39, 0.29) is 23.4 Å². The van der Waals surface area contributed by atoms with E-state index < -0.39 is 7.05 Å². The number of hydrogen-bond acceptors (Lipinski definition) is 9. The Hall–Kier alpha value is -3.08. The van der Waals surface area contributed by atoms with E-state index in [1.165, 1.54) is 0 Å². The van der Waals surface area contributed by atoms with Crippen molar-refractivity contribution >= 4 is 18.6 Å². The third kappa shape index (κ3) is 7.53. The average molecular weight is 540 g/mol. The molecule has 2 aliphatic heterocycles. The molecular formula is C29H41BN2O7. The van der Waals surface area contributed by atoms with Gasteiger partial charge < -0.3 is 34.1 Å². The Kier molecular flexibility index (Phi) is 11.6. The van der Waals surface area contributed by atoms with Crippen LogP contribution in [-0.2, 0) is 0 Å². The highest BCUT2D eigenvalue weighted by Gasteiger charge is 2.30. The zero-order valence-corrected chi connectivity index (χ0v) is 23.7. The molecule has 2 aromatic rings. The molecule has 39 heavy (non-hydrogen) atoms. The van der Waals surface area contributed by atoms with Gasteiger partial charge in [-0.2, -0.15) is 0 Å². The smallest absolute Gasteiger partial charge is 0.376 e. The van der Waals surface area contributed by atoms with Gasteiger partial charge in [-0.1, -0.05) is 12.1 Å². The number of nitrogens with one attached hydrogen (secondary N) is 1. The van der Waals surface area contributed by atoms with E-state index in [0.717, 1.165) is 51.9 Å². The first-order valence-corrected chi connectivity index (χ1v) is 13.5. The monoisotopic (exact) mass is 540 g/mol. The number of benzene rings is 2. The lowest BCUT2D eigenvalue weighted by Gasteiger charge is -2.32. The van der Waals surface area contributed by atoms with Crippen LogP contribution in [0.25, 0.3) is 0 Å². The van der Waals surface area contributed by atoms with Crippen molar-refractivity contribution in [2.75, 3.05) is 54.6 Å². The molecule has 2 saturated heterocycles. The van der Waals surface area contributed by atoms with E-state index in [1.807, 2.05) is 16.9 Å². The van der Waals surface area contributed by atoms with Crippen LogP contribution in [0, 0.1) is 11.8 Å². The van der Waals surface area contributed by atoms with Gasteiger partial charge in [0.05, 0.1) is 39.6 Å². The van der Waals surface area contributed by atoms with Crippen molar-refractivity contribution in [3.8, 4) is 23.0 Å². The molecule has 2 aliphatic rings. The van der Waals surface area contributed by atoms with Gasteiger partial charge in [-0.25, -0.2) is 0 Å². The number of hydrogen-bond donors (Lipinski definition) is 2. The van der Waals surface area contributed by atoms with E-state index in [9.17, 15) is 14.6 Å². The molecule has 2 N–H and O–H groups in total. The molecule has 0 amide bonds. The molecular weight excluding hydrogens is 499 g/mol. The Morgan fingerprint density at radius 2 is 1.21 bits per heavy atom. The normalized spacial score (nSPS) is 16.5. The van der Waals surface area contributed by atoms with Gasteiger partial charge in [0.15, 0.2) is 34.6 Å². The molecule has 2 aromatic carbocycles. The van der Waals surface area contributed by atoms with Crippen LogP contribution >= 0.6 is 0 Å². The van der Waals surface area contributed by atoms with Crippen molar-refractivity contribution in [2.24, 2.45) is 11.8 Å². The molecule has 2 heterocycles. The predicted molar refractivity (Wildman–Crippen MR) is 151 cm³/mol. The summed E-state index contributed by atoms with van der Waals surface area (Å²) in [6.07, 6.45) is 3.28. The maximum Gasteiger partial charge on any atom is 0.376 e. The van der Waals surface area contributed by atoms with Crippen LogP contribution in [0.2, 0.25) is 6.82 Å². The highest BCUT2D eigenvalue weighted by molar-refractivity contribution is 6.45. The fraction of sp³-hybridized carbons (Fsp3) is 0.517. The molecule has 0 atom stereocenters. The largest absolute Gasteiger partial charge is 0.493 e. The second kappa shape index (κ2) is 14.9. The maximum absolute atomic E-state index is 12.7. The highest BCUT2D eigenvalue weighted by Crippen LogP contribution is 2.35. The Bertz CT molecular complexity index is 1100. The summed E-state index contributed by atoms with van der Waals surface area (Å²) in [5.41, 5.74) is 1.20. The van der Waals surface area contributed by atoms with Crippen LogP contribution in [0.1, 0.15) is 46.4 Å². The van der Waals surface area contributed by atoms with E-state index in [1.54, 1.807) is 59.5 Å². The molecule has 2 fully saturated rings. The van der Waals surface area contributed by atoms with E-state index >= 15 is 0 Å². The summed E-state index contributed by atoms with van der Waals surface area (Å²) in [5, 5.41) is 12.8. The third-order valence-corrected chi connectivity index (χ3v) is 7.48. The Labute approximate surface area is 231 Å². The fourth-order valence-electron chi connectivity index (χ4n) is 5.22. The molecule has 0 bridgehead atoms. The lowest BCUT2D eigenvalue weighted by Crippen LogP contribution is -2.44. The first-order chi connectivity index (χ1) is 18.9. The molecule has 212 valence electrons. The summed E-state index contributed by atoms with van der Waals surface area (Å²) in [5.74, 6) is 2.55. The van der Waals surface area contributed by atoms with Gasteiger partial charge in [0.25, 0.3) is 0 Å². The van der Waals surface area contributed by atoms with Gasteiger partial charge in [-0.15, -0.1) is 0 Å². The second-order valence-electron chi connectivity index (χ2n) is 9.78. The van der Waals surface area contributed by atoms with Crippen LogP contribution in [0.3, 0.4) is 0 Å². The Morgan fingerprint density at radius 1 is 0.769 bits per heavy atom. The lowest BCUT2D eigenvalue weighted by atomic mass is 9.79. The number of piperidine rings is 2. The quantitative estimate of drug-likeness (QED) is 0.365. The third-order valence-electron chi connectivity index (χ3n) is 7.48. The van der Waals surface area contributed by atoms with Gasteiger partial charge in [-0.3, -0.25) is 9.59 Å². The molecule has 0 aromatic heterocycles. The number of ketones is 2. The summed E-state index contributed by atoms with van der Waals surface area (Å²) >= 11 is 0. The molecule has 0 radical (unpaired) electrons. The summed E-state index contributed by atoms with van der Waals surface area (Å²) in [7, 11) is 5.80. The number of rotatable bonds is 9. The fourth-order valence-corrected chi connectivity index (χ4v) is 5.22. The number of ether oxygens (including phenoxy) is 4. The van der Waals surface area contributed by atoms with Crippen LogP contribution in [-0.4, -0.2) is 83.1 Å². The summed E-state index contributed by atoms with van der Waals surface area (Å²) in [6, 6.07) is 10.8. The van der Waals surface area contributed by atoms with E-state index in [2.05, 4.69) is 5.32 Å². The summed E-state index contributed by atoms with van der Waals surface area (Å²) < 4.78 is 21.1. The van der Waals surface area contributed by atoms with Crippen molar-refractivity contribution in [2.45, 2.75) is 32.5 Å². The topological polar surface area (TPSA) is 107 Å². The number of para-hydroxylation sites is 2. The first-order valence-electron chi connectivity index (χ1n) is 13.5. The van der Waals surface area contributed by atoms with Crippen LogP contribution < -0.4 is 24.3 Å². The van der Waals surface area contributed by atoms with Gasteiger partial charge in [0.2, 0.25) is 0 Å². The molecule has 4 rings (SSSR count). The van der Waals surface area contributed by atoms with Crippen molar-refractivity contribution in [3.63, 3.8) is 0 Å². The molecule has 10 heteroatoms.